The first-order valence-corrected chi connectivity index (χ1v) is 8.21. The molecule has 0 spiro atoms. The summed E-state index contributed by atoms with van der Waals surface area (Å²) in [5.41, 5.74) is 4.54. The SMILES string of the molecule is CSNC1=CCC2=C(C=C1)C=Cc1ncc(Cl)cc1C2O. The van der Waals surface area contributed by atoms with Crippen LogP contribution in [-0.2, 0) is 0 Å². The van der Waals surface area contributed by atoms with Gasteiger partial charge in [0, 0.05) is 23.7 Å². The van der Waals surface area contributed by atoms with E-state index in [0.717, 1.165) is 28.1 Å². The molecule has 108 valence electrons. The number of hydrogen-bond acceptors (Lipinski definition) is 4. The normalized spacial score (nSPS) is 20.3. The van der Waals surface area contributed by atoms with Gasteiger partial charge < -0.3 is 9.83 Å². The monoisotopic (exact) mass is 318 g/mol. The van der Waals surface area contributed by atoms with Crippen molar-refractivity contribution in [3.8, 4) is 0 Å². The summed E-state index contributed by atoms with van der Waals surface area (Å²) in [6.45, 7) is 0. The molecule has 0 fully saturated rings. The maximum atomic E-state index is 10.7. The fourth-order valence-corrected chi connectivity index (χ4v) is 3.05. The van der Waals surface area contributed by atoms with E-state index in [9.17, 15) is 5.11 Å². The van der Waals surface area contributed by atoms with Crippen LogP contribution in [0.25, 0.3) is 6.08 Å². The van der Waals surface area contributed by atoms with E-state index in [1.807, 2.05) is 30.6 Å². The van der Waals surface area contributed by atoms with Gasteiger partial charge in [-0.25, -0.2) is 0 Å². The van der Waals surface area contributed by atoms with Crippen molar-refractivity contribution in [3.63, 3.8) is 0 Å². The lowest BCUT2D eigenvalue weighted by atomic mass is 9.96. The highest BCUT2D eigenvalue weighted by atomic mass is 35.5. The number of halogens is 1. The van der Waals surface area contributed by atoms with E-state index in [4.69, 9.17) is 11.6 Å². The second-order valence-electron chi connectivity index (χ2n) is 4.85. The van der Waals surface area contributed by atoms with Crippen LogP contribution in [0.3, 0.4) is 0 Å². The Bertz CT molecular complexity index is 692. The number of rotatable bonds is 2. The molecule has 2 aliphatic carbocycles. The Balaban J connectivity index is 2.01. The molecular weight excluding hydrogens is 304 g/mol. The van der Waals surface area contributed by atoms with Gasteiger partial charge in [0.2, 0.25) is 0 Å². The lowest BCUT2D eigenvalue weighted by Crippen LogP contribution is -2.05. The topological polar surface area (TPSA) is 45.2 Å². The lowest BCUT2D eigenvalue weighted by Gasteiger charge is -2.16. The molecule has 0 bridgehead atoms. The summed E-state index contributed by atoms with van der Waals surface area (Å²) < 4.78 is 3.22. The maximum absolute atomic E-state index is 10.7. The van der Waals surface area contributed by atoms with Crippen molar-refractivity contribution >= 4 is 29.6 Å². The lowest BCUT2D eigenvalue weighted by molar-refractivity contribution is 0.212. The molecule has 1 unspecified atom stereocenters. The molecule has 0 radical (unpaired) electrons. The summed E-state index contributed by atoms with van der Waals surface area (Å²) in [4.78, 5) is 4.29. The van der Waals surface area contributed by atoms with Crippen LogP contribution >= 0.6 is 23.5 Å². The summed E-state index contributed by atoms with van der Waals surface area (Å²) in [6.07, 6.45) is 13.6. The van der Waals surface area contributed by atoms with E-state index in [2.05, 4.69) is 15.8 Å². The summed E-state index contributed by atoms with van der Waals surface area (Å²) in [6, 6.07) is 1.79. The Morgan fingerprint density at radius 3 is 2.95 bits per heavy atom. The van der Waals surface area contributed by atoms with Crippen molar-refractivity contribution in [2.75, 3.05) is 6.26 Å². The quantitative estimate of drug-likeness (QED) is 0.814. The average molecular weight is 319 g/mol. The zero-order valence-electron chi connectivity index (χ0n) is 11.5. The Kier molecular flexibility index (Phi) is 4.19. The van der Waals surface area contributed by atoms with Crippen LogP contribution in [-0.4, -0.2) is 16.3 Å². The number of nitrogens with one attached hydrogen (secondary N) is 1. The number of aliphatic hydroxyl groups is 1. The van der Waals surface area contributed by atoms with Gasteiger partial charge in [0.15, 0.2) is 0 Å². The van der Waals surface area contributed by atoms with Gasteiger partial charge in [0.25, 0.3) is 0 Å². The number of aromatic nitrogens is 1. The highest BCUT2D eigenvalue weighted by molar-refractivity contribution is 7.96. The van der Waals surface area contributed by atoms with Gasteiger partial charge in [-0.15, -0.1) is 0 Å². The van der Waals surface area contributed by atoms with Crippen LogP contribution in [0.2, 0.25) is 5.02 Å². The molecule has 2 aliphatic rings. The van der Waals surface area contributed by atoms with Crippen LogP contribution in [0.4, 0.5) is 0 Å². The molecule has 5 heteroatoms. The minimum Gasteiger partial charge on any atom is -0.384 e. The summed E-state index contributed by atoms with van der Waals surface area (Å²) in [7, 11) is 0. The van der Waals surface area contributed by atoms with Crippen molar-refractivity contribution in [1.29, 1.82) is 0 Å². The minimum absolute atomic E-state index is 0.537. The fourth-order valence-electron chi connectivity index (χ4n) is 2.50. The molecule has 0 saturated carbocycles. The van der Waals surface area contributed by atoms with Gasteiger partial charge >= 0.3 is 0 Å². The fraction of sp³-hybridized carbons (Fsp3) is 0.188. The minimum atomic E-state index is -0.689. The molecule has 21 heavy (non-hydrogen) atoms. The third kappa shape index (κ3) is 2.93. The van der Waals surface area contributed by atoms with Crippen molar-refractivity contribution < 1.29 is 5.11 Å². The number of pyridine rings is 1. The summed E-state index contributed by atoms with van der Waals surface area (Å²) in [5, 5.41) is 11.3. The van der Waals surface area contributed by atoms with Gasteiger partial charge in [0.05, 0.1) is 10.7 Å². The van der Waals surface area contributed by atoms with Crippen LogP contribution < -0.4 is 4.72 Å². The van der Waals surface area contributed by atoms with Gasteiger partial charge in [-0.3, -0.25) is 4.98 Å². The Labute approximate surface area is 133 Å². The first-order chi connectivity index (χ1) is 10.2. The number of fused-ring (bicyclic) bond motifs is 1. The number of aliphatic hydroxyl groups excluding tert-OH is 1. The molecule has 0 aliphatic heterocycles. The molecule has 1 aromatic heterocycles. The Hall–Kier alpha value is -1.49. The van der Waals surface area contributed by atoms with E-state index >= 15 is 0 Å². The highest BCUT2D eigenvalue weighted by Crippen LogP contribution is 2.35. The van der Waals surface area contributed by atoms with Crippen LogP contribution in [0.5, 0.6) is 0 Å². The van der Waals surface area contributed by atoms with Crippen molar-refractivity contribution in [1.82, 2.24) is 9.71 Å². The standard InChI is InChI=1S/C16H15ClN2OS/c1-21-19-12-4-2-10-3-7-15-14(8-11(17)9-18-15)16(20)13(10)6-5-12/h2-5,7-9,16,19-20H,6H2,1H3. The molecule has 2 N–H and O–H groups in total. The molecule has 1 aromatic rings. The zero-order chi connectivity index (χ0) is 14.8. The van der Waals surface area contributed by atoms with E-state index in [0.29, 0.717) is 11.4 Å². The van der Waals surface area contributed by atoms with E-state index in [1.54, 1.807) is 24.2 Å². The van der Waals surface area contributed by atoms with Crippen LogP contribution in [0.1, 0.15) is 23.8 Å². The largest absolute Gasteiger partial charge is 0.384 e. The second kappa shape index (κ2) is 6.10. The van der Waals surface area contributed by atoms with Crippen LogP contribution in [0, 0.1) is 0 Å². The van der Waals surface area contributed by atoms with Crippen molar-refractivity contribution in [2.45, 2.75) is 12.5 Å². The molecular formula is C16H15ClN2OS. The highest BCUT2D eigenvalue weighted by Gasteiger charge is 2.22. The molecule has 3 nitrogen and oxygen atoms in total. The maximum Gasteiger partial charge on any atom is 0.103 e. The smallest absolute Gasteiger partial charge is 0.103 e. The Morgan fingerprint density at radius 1 is 1.33 bits per heavy atom. The molecule has 1 atom stereocenters. The van der Waals surface area contributed by atoms with Crippen LogP contribution in [0.15, 0.2) is 53.4 Å². The molecule has 0 amide bonds. The number of nitrogens with zero attached hydrogens (tertiary/aromatic N) is 1. The first-order valence-electron chi connectivity index (χ1n) is 6.61. The second-order valence-corrected chi connectivity index (χ2v) is 5.90. The first kappa shape index (κ1) is 14.4. The van der Waals surface area contributed by atoms with Gasteiger partial charge in [-0.2, -0.15) is 0 Å². The predicted octanol–water partition coefficient (Wildman–Crippen LogP) is 3.80. The molecule has 3 rings (SSSR count). The van der Waals surface area contributed by atoms with E-state index < -0.39 is 6.10 Å². The van der Waals surface area contributed by atoms with E-state index in [-0.39, 0.29) is 0 Å². The molecule has 1 heterocycles. The molecule has 0 aromatic carbocycles. The van der Waals surface area contributed by atoms with Gasteiger partial charge in [0.1, 0.15) is 6.10 Å². The zero-order valence-corrected chi connectivity index (χ0v) is 13.1. The van der Waals surface area contributed by atoms with Gasteiger partial charge in [-0.05, 0) is 35.8 Å². The number of allylic oxidation sites excluding steroid dienone is 5. The predicted molar refractivity (Wildman–Crippen MR) is 88.8 cm³/mol. The van der Waals surface area contributed by atoms with Crippen molar-refractivity contribution in [2.24, 2.45) is 0 Å². The number of hydrogen-bond donors (Lipinski definition) is 2. The average Bonchev–Trinajstić information content (AvgIpc) is 2.74. The third-order valence-corrected chi connectivity index (χ3v) is 4.18. The third-order valence-electron chi connectivity index (χ3n) is 3.54. The summed E-state index contributed by atoms with van der Waals surface area (Å²) in [5.74, 6) is 0. The van der Waals surface area contributed by atoms with E-state index in [1.165, 1.54) is 0 Å². The van der Waals surface area contributed by atoms with Gasteiger partial charge in [-0.1, -0.05) is 41.8 Å². The molecule has 0 saturated heterocycles. The Morgan fingerprint density at radius 2 is 2.14 bits per heavy atom. The summed E-state index contributed by atoms with van der Waals surface area (Å²) >= 11 is 7.56. The van der Waals surface area contributed by atoms with Crippen molar-refractivity contribution in [3.05, 3.63) is 69.7 Å².